The maximum atomic E-state index is 11.8. The number of ether oxygens (including phenoxy) is 4. The van der Waals surface area contributed by atoms with Crippen molar-refractivity contribution < 1.29 is 33.3 Å². The molecule has 31 heavy (non-hydrogen) atoms. The van der Waals surface area contributed by atoms with Gasteiger partial charge in [-0.05, 0) is 17.5 Å². The number of cyclic esters (lactones) is 2. The molecule has 0 aromatic heterocycles. The summed E-state index contributed by atoms with van der Waals surface area (Å²) >= 11 is 8.57. The minimum atomic E-state index is -0.788. The van der Waals surface area contributed by atoms with Gasteiger partial charge in [0.2, 0.25) is 0 Å². The van der Waals surface area contributed by atoms with Gasteiger partial charge in [-0.3, -0.25) is 4.79 Å². The van der Waals surface area contributed by atoms with E-state index in [0.717, 1.165) is 26.2 Å². The molecule has 11 heteroatoms. The SMILES string of the molecule is COCCOCCSC(=S)SCc1ccc(COC(=O)CC[C@@H]2NC(=O)OC2=O)cc1. The van der Waals surface area contributed by atoms with E-state index < -0.39 is 24.1 Å². The highest BCUT2D eigenvalue weighted by Crippen LogP contribution is 2.22. The van der Waals surface area contributed by atoms with Crippen molar-refractivity contribution in [3.8, 4) is 0 Å². The van der Waals surface area contributed by atoms with Crippen LogP contribution in [0.4, 0.5) is 4.79 Å². The summed E-state index contributed by atoms with van der Waals surface area (Å²) in [5.74, 6) is 0.468. The van der Waals surface area contributed by atoms with Crippen LogP contribution in [0.5, 0.6) is 0 Å². The second-order valence-corrected chi connectivity index (χ2v) is 9.69. The first-order valence-corrected chi connectivity index (χ1v) is 12.0. The third-order valence-corrected chi connectivity index (χ3v) is 6.80. The Balaban J connectivity index is 1.58. The van der Waals surface area contributed by atoms with E-state index in [4.69, 9.17) is 26.4 Å². The molecule has 1 fully saturated rings. The predicted molar refractivity (Wildman–Crippen MR) is 123 cm³/mol. The fourth-order valence-corrected chi connectivity index (χ4v) is 4.46. The Morgan fingerprint density at radius 1 is 1.13 bits per heavy atom. The van der Waals surface area contributed by atoms with Crippen molar-refractivity contribution >= 4 is 57.3 Å². The molecule has 1 amide bonds. The van der Waals surface area contributed by atoms with E-state index in [1.165, 1.54) is 0 Å². The van der Waals surface area contributed by atoms with Crippen LogP contribution in [0, 0.1) is 0 Å². The van der Waals surface area contributed by atoms with Crippen LogP contribution < -0.4 is 5.32 Å². The highest BCUT2D eigenvalue weighted by molar-refractivity contribution is 8.46. The molecule has 1 aromatic carbocycles. The first-order chi connectivity index (χ1) is 15.0. The summed E-state index contributed by atoms with van der Waals surface area (Å²) in [7, 11) is 1.64. The topological polar surface area (TPSA) is 100 Å². The predicted octanol–water partition coefficient (Wildman–Crippen LogP) is 3.06. The van der Waals surface area contributed by atoms with Gasteiger partial charge in [-0.1, -0.05) is 36.5 Å². The van der Waals surface area contributed by atoms with Gasteiger partial charge >= 0.3 is 18.0 Å². The second-order valence-electron chi connectivity index (χ2n) is 6.41. The number of alkyl carbamates (subject to hydrolysis) is 1. The van der Waals surface area contributed by atoms with E-state index in [1.54, 1.807) is 30.6 Å². The molecule has 0 saturated carbocycles. The highest BCUT2D eigenvalue weighted by atomic mass is 32.2. The maximum Gasteiger partial charge on any atom is 0.415 e. The molecule has 1 atom stereocenters. The van der Waals surface area contributed by atoms with Crippen LogP contribution in [0.25, 0.3) is 0 Å². The Kier molecular flexibility index (Phi) is 11.9. The zero-order valence-corrected chi connectivity index (χ0v) is 19.6. The second kappa shape index (κ2) is 14.4. The number of rotatable bonds is 13. The molecule has 0 radical (unpaired) electrons. The number of benzene rings is 1. The molecule has 1 aliphatic heterocycles. The van der Waals surface area contributed by atoms with Gasteiger partial charge in [0.05, 0.1) is 19.8 Å². The number of carbonyl (C=O) groups is 3. The molecule has 8 nitrogen and oxygen atoms in total. The van der Waals surface area contributed by atoms with Crippen molar-refractivity contribution in [2.24, 2.45) is 0 Å². The monoisotopic (exact) mass is 487 g/mol. The minimum Gasteiger partial charge on any atom is -0.461 e. The summed E-state index contributed by atoms with van der Waals surface area (Å²) < 4.78 is 20.8. The van der Waals surface area contributed by atoms with Crippen LogP contribution in [0.15, 0.2) is 24.3 Å². The average molecular weight is 488 g/mol. The molecule has 0 spiro atoms. The highest BCUT2D eigenvalue weighted by Gasteiger charge is 2.32. The van der Waals surface area contributed by atoms with Crippen molar-refractivity contribution in [2.75, 3.05) is 32.7 Å². The number of hydrogen-bond acceptors (Lipinski definition) is 10. The molecule has 0 bridgehead atoms. The van der Waals surface area contributed by atoms with Gasteiger partial charge in [0.25, 0.3) is 0 Å². The quantitative estimate of drug-likeness (QED) is 0.193. The van der Waals surface area contributed by atoms with Gasteiger partial charge in [0, 0.05) is 25.0 Å². The Labute approximate surface area is 195 Å². The number of thioether (sulfide) groups is 2. The van der Waals surface area contributed by atoms with Gasteiger partial charge < -0.3 is 24.3 Å². The standard InChI is InChI=1S/C20H25NO7S3/c1-25-8-9-26-10-11-30-20(29)31-13-15-4-2-14(3-5-15)12-27-17(22)7-6-16-18(23)28-19(24)21-16/h2-5,16H,6-13H2,1H3,(H,21,24)/t16-/m0/s1. The number of hydrogen-bond donors (Lipinski definition) is 1. The summed E-state index contributed by atoms with van der Waals surface area (Å²) in [5, 5.41) is 2.34. The Bertz CT molecular complexity index is 758. The molecule has 1 aliphatic rings. The first kappa shape index (κ1) is 25.6. The Morgan fingerprint density at radius 2 is 1.87 bits per heavy atom. The number of nitrogens with one attached hydrogen (secondary N) is 1. The van der Waals surface area contributed by atoms with Crippen LogP contribution in [0.1, 0.15) is 24.0 Å². The van der Waals surface area contributed by atoms with Crippen LogP contribution in [-0.4, -0.2) is 60.3 Å². The van der Waals surface area contributed by atoms with E-state index in [-0.39, 0.29) is 19.4 Å². The zero-order valence-electron chi connectivity index (χ0n) is 17.1. The summed E-state index contributed by atoms with van der Waals surface area (Å²) in [4.78, 5) is 34.1. The summed E-state index contributed by atoms with van der Waals surface area (Å²) in [5.41, 5.74) is 1.98. The Hall–Kier alpha value is -1.66. The number of carbonyl (C=O) groups excluding carboxylic acids is 3. The van der Waals surface area contributed by atoms with E-state index in [2.05, 4.69) is 10.1 Å². The first-order valence-electron chi connectivity index (χ1n) is 9.60. The summed E-state index contributed by atoms with van der Waals surface area (Å²) in [6, 6.07) is 6.96. The molecule has 1 aromatic rings. The van der Waals surface area contributed by atoms with Crippen molar-refractivity contribution in [3.05, 3.63) is 35.4 Å². The van der Waals surface area contributed by atoms with Gasteiger partial charge in [-0.25, -0.2) is 9.59 Å². The van der Waals surface area contributed by atoms with Gasteiger partial charge in [-0.2, -0.15) is 0 Å². The minimum absolute atomic E-state index is 0.0152. The van der Waals surface area contributed by atoms with E-state index in [9.17, 15) is 14.4 Å². The molecule has 1 heterocycles. The van der Waals surface area contributed by atoms with Crippen LogP contribution in [-0.2, 0) is 40.9 Å². The fourth-order valence-electron chi connectivity index (χ4n) is 2.43. The Morgan fingerprint density at radius 3 is 2.55 bits per heavy atom. The lowest BCUT2D eigenvalue weighted by Crippen LogP contribution is -2.29. The fraction of sp³-hybridized carbons (Fsp3) is 0.500. The van der Waals surface area contributed by atoms with Gasteiger partial charge in [0.1, 0.15) is 16.2 Å². The number of methoxy groups -OCH3 is 1. The third kappa shape index (κ3) is 10.5. The lowest BCUT2D eigenvalue weighted by molar-refractivity contribution is -0.145. The van der Waals surface area contributed by atoms with Crippen LogP contribution in [0.2, 0.25) is 0 Å². The summed E-state index contributed by atoms with van der Waals surface area (Å²) in [6.45, 7) is 1.97. The molecule has 1 N–H and O–H groups in total. The normalized spacial score (nSPS) is 15.5. The molecule has 0 aliphatic carbocycles. The lowest BCUT2D eigenvalue weighted by Gasteiger charge is -2.08. The molecular weight excluding hydrogens is 462 g/mol. The van der Waals surface area contributed by atoms with Crippen LogP contribution in [0.3, 0.4) is 0 Å². The summed E-state index contributed by atoms with van der Waals surface area (Å²) in [6.07, 6.45) is -0.620. The third-order valence-electron chi connectivity index (χ3n) is 4.07. The number of amides is 1. The number of thiocarbonyl (C=S) groups is 1. The molecule has 0 unspecified atom stereocenters. The van der Waals surface area contributed by atoms with Crippen molar-refractivity contribution in [1.29, 1.82) is 0 Å². The largest absolute Gasteiger partial charge is 0.461 e. The zero-order chi connectivity index (χ0) is 22.5. The number of esters is 2. The van der Waals surface area contributed by atoms with E-state index >= 15 is 0 Å². The van der Waals surface area contributed by atoms with Crippen molar-refractivity contribution in [3.63, 3.8) is 0 Å². The van der Waals surface area contributed by atoms with E-state index in [0.29, 0.717) is 19.8 Å². The van der Waals surface area contributed by atoms with Gasteiger partial charge in [-0.15, -0.1) is 23.5 Å². The van der Waals surface area contributed by atoms with Crippen molar-refractivity contribution in [1.82, 2.24) is 5.32 Å². The molecule has 1 saturated heterocycles. The van der Waals surface area contributed by atoms with Gasteiger partial charge in [0.15, 0.2) is 0 Å². The molecule has 170 valence electrons. The van der Waals surface area contributed by atoms with Crippen molar-refractivity contribution in [2.45, 2.75) is 31.2 Å². The maximum absolute atomic E-state index is 11.8. The smallest absolute Gasteiger partial charge is 0.415 e. The average Bonchev–Trinajstić information content (AvgIpc) is 3.09. The molecular formula is C20H25NO7S3. The van der Waals surface area contributed by atoms with E-state index in [1.807, 2.05) is 24.3 Å². The van der Waals surface area contributed by atoms with Crippen LogP contribution >= 0.6 is 35.7 Å². The molecule has 2 rings (SSSR count). The lowest BCUT2D eigenvalue weighted by atomic mass is 10.1.